The van der Waals surface area contributed by atoms with Crippen LogP contribution in [0.2, 0.25) is 0 Å². The molecule has 2 unspecified atom stereocenters. The zero-order valence-corrected chi connectivity index (χ0v) is 5.97. The maximum absolute atomic E-state index is 5.33. The molecule has 10 heavy (non-hydrogen) atoms. The van der Waals surface area contributed by atoms with Crippen LogP contribution in [0.3, 0.4) is 0 Å². The molecule has 0 radical (unpaired) electrons. The first-order valence-electron chi connectivity index (χ1n) is 4.15. The SMILES string of the molecule is C1=C2OC2CC([NH+]2CC2)C1. The van der Waals surface area contributed by atoms with E-state index in [4.69, 9.17) is 4.74 Å². The predicted octanol–water partition coefficient (Wildman–Crippen LogP) is -0.670. The Balaban J connectivity index is 1.74. The summed E-state index contributed by atoms with van der Waals surface area (Å²) < 4.78 is 5.33. The van der Waals surface area contributed by atoms with Crippen LogP contribution in [0.25, 0.3) is 0 Å². The average Bonchev–Trinajstić information content (AvgIpc) is 2.83. The molecule has 0 bridgehead atoms. The van der Waals surface area contributed by atoms with Gasteiger partial charge in [-0.05, 0) is 6.08 Å². The van der Waals surface area contributed by atoms with E-state index in [-0.39, 0.29) is 0 Å². The lowest BCUT2D eigenvalue weighted by Crippen LogP contribution is -2.97. The number of hydrogen-bond acceptors (Lipinski definition) is 1. The molecule has 1 N–H and O–H groups in total. The van der Waals surface area contributed by atoms with Crippen LogP contribution in [-0.2, 0) is 4.74 Å². The van der Waals surface area contributed by atoms with E-state index in [0.717, 1.165) is 6.04 Å². The van der Waals surface area contributed by atoms with Gasteiger partial charge in [0.05, 0.1) is 6.04 Å². The molecule has 1 aliphatic carbocycles. The van der Waals surface area contributed by atoms with Crippen molar-refractivity contribution in [2.75, 3.05) is 13.1 Å². The molecule has 0 amide bonds. The molecule has 2 nitrogen and oxygen atoms in total. The molecular weight excluding hydrogens is 126 g/mol. The summed E-state index contributed by atoms with van der Waals surface area (Å²) >= 11 is 0. The molecule has 0 saturated carbocycles. The van der Waals surface area contributed by atoms with Crippen molar-refractivity contribution in [2.45, 2.75) is 25.0 Å². The zero-order chi connectivity index (χ0) is 6.55. The summed E-state index contributed by atoms with van der Waals surface area (Å²) in [4.78, 5) is 1.80. The smallest absolute Gasteiger partial charge is 0.160 e. The highest BCUT2D eigenvalue weighted by Crippen LogP contribution is 2.35. The van der Waals surface area contributed by atoms with Gasteiger partial charge < -0.3 is 9.64 Å². The normalized spacial score (nSPS) is 43.4. The fourth-order valence-corrected chi connectivity index (χ4v) is 1.90. The average molecular weight is 138 g/mol. The second-order valence-corrected chi connectivity index (χ2v) is 3.54. The van der Waals surface area contributed by atoms with Gasteiger partial charge in [-0.1, -0.05) is 0 Å². The lowest BCUT2D eigenvalue weighted by Gasteiger charge is -2.11. The van der Waals surface area contributed by atoms with Crippen molar-refractivity contribution in [3.8, 4) is 0 Å². The third kappa shape index (κ3) is 0.686. The van der Waals surface area contributed by atoms with Crippen LogP contribution in [0.4, 0.5) is 0 Å². The molecular formula is C8H12NO+. The fourth-order valence-electron chi connectivity index (χ4n) is 1.90. The fraction of sp³-hybridized carbons (Fsp3) is 0.750. The van der Waals surface area contributed by atoms with Crippen LogP contribution in [0, 0.1) is 0 Å². The Kier molecular flexibility index (Phi) is 0.810. The Hall–Kier alpha value is -0.500. The number of epoxide rings is 1. The second-order valence-electron chi connectivity index (χ2n) is 3.54. The Morgan fingerprint density at radius 3 is 3.10 bits per heavy atom. The lowest BCUT2D eigenvalue weighted by atomic mass is 10.0. The number of nitrogens with one attached hydrogen (secondary N) is 1. The number of quaternary nitrogens is 1. The van der Waals surface area contributed by atoms with E-state index >= 15 is 0 Å². The van der Waals surface area contributed by atoms with Crippen LogP contribution < -0.4 is 4.90 Å². The minimum absolute atomic E-state index is 0.548. The highest BCUT2D eigenvalue weighted by atomic mass is 16.6. The Bertz CT molecular complexity index is 195. The Morgan fingerprint density at radius 2 is 2.40 bits per heavy atom. The molecule has 0 spiro atoms. The number of hydrogen-bond donors (Lipinski definition) is 1. The molecule has 3 aliphatic rings. The molecule has 2 aliphatic heterocycles. The number of ether oxygens (including phenoxy) is 1. The highest BCUT2D eigenvalue weighted by molar-refractivity contribution is 5.17. The van der Waals surface area contributed by atoms with E-state index < -0.39 is 0 Å². The van der Waals surface area contributed by atoms with Gasteiger partial charge in [0, 0.05) is 12.8 Å². The summed E-state index contributed by atoms with van der Waals surface area (Å²) in [6.45, 7) is 2.81. The third-order valence-electron chi connectivity index (χ3n) is 2.76. The molecule has 2 heterocycles. The van der Waals surface area contributed by atoms with Gasteiger partial charge in [-0.15, -0.1) is 0 Å². The minimum Gasteiger partial charge on any atom is -0.483 e. The van der Waals surface area contributed by atoms with Crippen molar-refractivity contribution >= 4 is 0 Å². The summed E-state index contributed by atoms with van der Waals surface area (Å²) in [7, 11) is 0. The van der Waals surface area contributed by atoms with Crippen molar-refractivity contribution in [1.29, 1.82) is 0 Å². The zero-order valence-electron chi connectivity index (χ0n) is 5.97. The molecule has 54 valence electrons. The van der Waals surface area contributed by atoms with E-state index in [1.807, 2.05) is 0 Å². The van der Waals surface area contributed by atoms with Gasteiger partial charge in [-0.25, -0.2) is 0 Å². The summed E-state index contributed by atoms with van der Waals surface area (Å²) in [5.41, 5.74) is 0. The van der Waals surface area contributed by atoms with Crippen molar-refractivity contribution in [1.82, 2.24) is 0 Å². The first kappa shape index (κ1) is 5.19. The first-order chi connectivity index (χ1) is 4.93. The summed E-state index contributed by atoms with van der Waals surface area (Å²) in [5.74, 6) is 1.28. The molecule has 0 aromatic rings. The maximum atomic E-state index is 5.33. The molecule has 2 fully saturated rings. The molecule has 2 atom stereocenters. The summed E-state index contributed by atoms with van der Waals surface area (Å²) in [6.07, 6.45) is 5.39. The maximum Gasteiger partial charge on any atom is 0.160 e. The van der Waals surface area contributed by atoms with Gasteiger partial charge in [0.15, 0.2) is 6.10 Å². The van der Waals surface area contributed by atoms with Gasteiger partial charge in [-0.2, -0.15) is 0 Å². The van der Waals surface area contributed by atoms with Gasteiger partial charge >= 0.3 is 0 Å². The number of rotatable bonds is 1. The topological polar surface area (TPSA) is 17.0 Å². The quantitative estimate of drug-likeness (QED) is 0.475. The first-order valence-corrected chi connectivity index (χ1v) is 4.15. The van der Waals surface area contributed by atoms with E-state index in [1.54, 1.807) is 4.90 Å². The van der Waals surface area contributed by atoms with Crippen LogP contribution in [0.5, 0.6) is 0 Å². The standard InChI is InChI=1S/C8H11NO/c1-2-7-8(10-7)5-6(1)9-3-4-9/h2,6,8H,1,3-5H2/p+1. The highest BCUT2D eigenvalue weighted by Gasteiger charge is 2.44. The van der Waals surface area contributed by atoms with Crippen LogP contribution >= 0.6 is 0 Å². The molecule has 0 aromatic heterocycles. The summed E-state index contributed by atoms with van der Waals surface area (Å²) in [5, 5.41) is 0. The van der Waals surface area contributed by atoms with Gasteiger partial charge in [0.1, 0.15) is 18.8 Å². The van der Waals surface area contributed by atoms with Crippen molar-refractivity contribution in [2.24, 2.45) is 0 Å². The summed E-state index contributed by atoms with van der Waals surface area (Å²) in [6, 6.07) is 0.899. The Labute approximate surface area is 60.5 Å². The molecule has 0 aromatic carbocycles. The molecule has 2 saturated heterocycles. The van der Waals surface area contributed by atoms with Gasteiger partial charge in [0.25, 0.3) is 0 Å². The van der Waals surface area contributed by atoms with E-state index in [0.29, 0.717) is 6.10 Å². The molecule has 3 rings (SSSR count). The van der Waals surface area contributed by atoms with Crippen LogP contribution in [0.1, 0.15) is 12.8 Å². The number of fused-ring (bicyclic) bond motifs is 1. The van der Waals surface area contributed by atoms with Crippen molar-refractivity contribution in [3.63, 3.8) is 0 Å². The van der Waals surface area contributed by atoms with Crippen LogP contribution in [0.15, 0.2) is 11.8 Å². The van der Waals surface area contributed by atoms with Gasteiger partial charge in [0.2, 0.25) is 0 Å². The van der Waals surface area contributed by atoms with E-state index in [9.17, 15) is 0 Å². The van der Waals surface area contributed by atoms with Gasteiger partial charge in [-0.3, -0.25) is 0 Å². The van der Waals surface area contributed by atoms with E-state index in [2.05, 4.69) is 6.08 Å². The van der Waals surface area contributed by atoms with Crippen LogP contribution in [-0.4, -0.2) is 25.2 Å². The van der Waals surface area contributed by atoms with E-state index in [1.165, 1.54) is 31.7 Å². The Morgan fingerprint density at radius 1 is 1.50 bits per heavy atom. The monoisotopic (exact) mass is 138 g/mol. The lowest BCUT2D eigenvalue weighted by molar-refractivity contribution is -0.790. The largest absolute Gasteiger partial charge is 0.483 e. The molecule has 2 heteroatoms. The second kappa shape index (κ2) is 1.56. The van der Waals surface area contributed by atoms with Crippen molar-refractivity contribution in [3.05, 3.63) is 11.8 Å². The third-order valence-corrected chi connectivity index (χ3v) is 2.76. The van der Waals surface area contributed by atoms with Crippen molar-refractivity contribution < 1.29 is 9.64 Å². The predicted molar refractivity (Wildman–Crippen MR) is 36.7 cm³/mol. The minimum atomic E-state index is 0.548.